The molecule has 7 heteroatoms. The molecule has 0 aliphatic rings. The smallest absolute Gasteiger partial charge is 0.251 e. The van der Waals surface area contributed by atoms with Crippen molar-refractivity contribution < 1.29 is 23.5 Å². The van der Waals surface area contributed by atoms with E-state index in [0.29, 0.717) is 23.5 Å². The van der Waals surface area contributed by atoms with Crippen molar-refractivity contribution in [3.63, 3.8) is 0 Å². The van der Waals surface area contributed by atoms with Crippen LogP contribution >= 0.6 is 0 Å². The van der Waals surface area contributed by atoms with Crippen LogP contribution in [0.25, 0.3) is 0 Å². The number of methoxy groups -OCH3 is 1. The van der Waals surface area contributed by atoms with Crippen LogP contribution in [0.1, 0.15) is 35.8 Å². The summed E-state index contributed by atoms with van der Waals surface area (Å²) in [6.45, 7) is 3.96. The van der Waals surface area contributed by atoms with E-state index in [1.54, 1.807) is 37.3 Å². The molecule has 0 radical (unpaired) electrons. The van der Waals surface area contributed by atoms with E-state index in [4.69, 9.17) is 9.47 Å². The first-order valence-electron chi connectivity index (χ1n) is 8.58. The van der Waals surface area contributed by atoms with Gasteiger partial charge in [0.2, 0.25) is 5.91 Å². The molecule has 2 aromatic carbocycles. The van der Waals surface area contributed by atoms with E-state index >= 15 is 0 Å². The molecule has 2 amide bonds. The summed E-state index contributed by atoms with van der Waals surface area (Å²) in [4.78, 5) is 24.1. The van der Waals surface area contributed by atoms with Crippen LogP contribution in [0.15, 0.2) is 42.5 Å². The first kappa shape index (κ1) is 20.2. The molecule has 144 valence electrons. The Morgan fingerprint density at radius 2 is 1.85 bits per heavy atom. The van der Waals surface area contributed by atoms with Crippen molar-refractivity contribution in [2.24, 2.45) is 0 Å². The van der Waals surface area contributed by atoms with Gasteiger partial charge < -0.3 is 20.1 Å². The van der Waals surface area contributed by atoms with Crippen LogP contribution in [-0.2, 0) is 4.79 Å². The molecule has 0 aromatic heterocycles. The number of amides is 2. The lowest BCUT2D eigenvalue weighted by atomic mass is 10.1. The molecule has 6 nitrogen and oxygen atoms in total. The predicted octanol–water partition coefficient (Wildman–Crippen LogP) is 2.84. The summed E-state index contributed by atoms with van der Waals surface area (Å²) in [7, 11) is 1.39. The van der Waals surface area contributed by atoms with E-state index in [0.717, 1.165) is 0 Å². The minimum absolute atomic E-state index is 0.139. The number of ether oxygens (including phenoxy) is 2. The number of nitrogens with one attached hydrogen (secondary N) is 2. The van der Waals surface area contributed by atoms with Crippen LogP contribution in [0, 0.1) is 5.82 Å². The third-order valence-electron chi connectivity index (χ3n) is 3.89. The molecule has 27 heavy (non-hydrogen) atoms. The average Bonchev–Trinajstić information content (AvgIpc) is 2.66. The van der Waals surface area contributed by atoms with Crippen LogP contribution in [0.3, 0.4) is 0 Å². The molecule has 0 spiro atoms. The fourth-order valence-corrected chi connectivity index (χ4v) is 2.46. The summed E-state index contributed by atoms with van der Waals surface area (Å²) >= 11 is 0. The highest BCUT2D eigenvalue weighted by molar-refractivity contribution is 5.96. The van der Waals surface area contributed by atoms with Gasteiger partial charge in [0.05, 0.1) is 26.3 Å². The Kier molecular flexibility index (Phi) is 7.16. The van der Waals surface area contributed by atoms with Gasteiger partial charge in [0.15, 0.2) is 11.6 Å². The second kappa shape index (κ2) is 9.56. The van der Waals surface area contributed by atoms with Gasteiger partial charge in [-0.25, -0.2) is 4.39 Å². The van der Waals surface area contributed by atoms with Gasteiger partial charge in [-0.15, -0.1) is 0 Å². The molecule has 0 aliphatic heterocycles. The zero-order valence-corrected chi connectivity index (χ0v) is 15.5. The highest BCUT2D eigenvalue weighted by Gasteiger charge is 2.13. The molecule has 0 unspecified atom stereocenters. The summed E-state index contributed by atoms with van der Waals surface area (Å²) in [6, 6.07) is 10.7. The molecule has 0 bridgehead atoms. The topological polar surface area (TPSA) is 76.7 Å². The zero-order valence-electron chi connectivity index (χ0n) is 15.5. The lowest BCUT2D eigenvalue weighted by Crippen LogP contribution is -2.38. The number of carbonyl (C=O) groups is 2. The van der Waals surface area contributed by atoms with Gasteiger partial charge >= 0.3 is 0 Å². The monoisotopic (exact) mass is 374 g/mol. The Morgan fingerprint density at radius 3 is 2.44 bits per heavy atom. The Labute approximate surface area is 157 Å². The van der Waals surface area contributed by atoms with Gasteiger partial charge in [-0.05, 0) is 55.8 Å². The van der Waals surface area contributed by atoms with Gasteiger partial charge in [-0.2, -0.15) is 0 Å². The quantitative estimate of drug-likeness (QED) is 0.745. The lowest BCUT2D eigenvalue weighted by molar-refractivity contribution is -0.120. The second-order valence-electron chi connectivity index (χ2n) is 5.82. The van der Waals surface area contributed by atoms with Crippen molar-refractivity contribution in [2.45, 2.75) is 19.9 Å². The van der Waals surface area contributed by atoms with E-state index < -0.39 is 11.9 Å². The van der Waals surface area contributed by atoms with E-state index in [9.17, 15) is 14.0 Å². The molecule has 2 N–H and O–H groups in total. The molecular weight excluding hydrogens is 351 g/mol. The molecular formula is C20H23FN2O4. The van der Waals surface area contributed by atoms with Crippen molar-refractivity contribution in [3.05, 3.63) is 59.4 Å². The Bertz CT molecular complexity index is 793. The van der Waals surface area contributed by atoms with Crippen molar-refractivity contribution >= 4 is 11.8 Å². The van der Waals surface area contributed by atoms with Crippen molar-refractivity contribution in [1.82, 2.24) is 10.6 Å². The minimum Gasteiger partial charge on any atom is -0.494 e. The number of rotatable bonds is 8. The highest BCUT2D eigenvalue weighted by Crippen LogP contribution is 2.21. The molecule has 0 saturated carbocycles. The molecule has 0 fully saturated rings. The average molecular weight is 374 g/mol. The number of halogens is 1. The molecule has 0 heterocycles. The maximum atomic E-state index is 13.8. The standard InChI is InChI=1S/C20H23FN2O4/c1-4-27-16-8-5-14(6-9-16)20(25)22-12-19(24)23-13(2)15-7-10-18(26-3)17(21)11-15/h5-11,13H,4,12H2,1-3H3,(H,22,25)(H,23,24)/t13-/m0/s1. The van der Waals surface area contributed by atoms with E-state index in [-0.39, 0.29) is 24.1 Å². The normalized spacial score (nSPS) is 11.4. The van der Waals surface area contributed by atoms with E-state index in [1.165, 1.54) is 19.2 Å². The third kappa shape index (κ3) is 5.70. The van der Waals surface area contributed by atoms with Crippen LogP contribution < -0.4 is 20.1 Å². The van der Waals surface area contributed by atoms with Crippen molar-refractivity contribution in [2.75, 3.05) is 20.3 Å². The van der Waals surface area contributed by atoms with E-state index in [1.807, 2.05) is 6.92 Å². The SMILES string of the molecule is CCOc1ccc(C(=O)NCC(=O)N[C@@H](C)c2ccc(OC)c(F)c2)cc1. The number of benzene rings is 2. The van der Waals surface area contributed by atoms with Crippen LogP contribution in [-0.4, -0.2) is 32.1 Å². The minimum atomic E-state index is -0.500. The van der Waals surface area contributed by atoms with Gasteiger partial charge in [0, 0.05) is 5.56 Å². The van der Waals surface area contributed by atoms with Crippen molar-refractivity contribution in [3.8, 4) is 11.5 Å². The molecule has 1 atom stereocenters. The fraction of sp³-hybridized carbons (Fsp3) is 0.300. The summed E-state index contributed by atoms with van der Waals surface area (Å²) < 4.78 is 24.0. The largest absolute Gasteiger partial charge is 0.494 e. The zero-order chi connectivity index (χ0) is 19.8. The van der Waals surface area contributed by atoms with Gasteiger partial charge in [0.25, 0.3) is 5.91 Å². The Balaban J connectivity index is 1.86. The first-order chi connectivity index (χ1) is 12.9. The van der Waals surface area contributed by atoms with E-state index in [2.05, 4.69) is 10.6 Å². The second-order valence-corrected chi connectivity index (χ2v) is 5.82. The van der Waals surface area contributed by atoms with Gasteiger partial charge in [-0.1, -0.05) is 6.07 Å². The van der Waals surface area contributed by atoms with Gasteiger partial charge in [-0.3, -0.25) is 9.59 Å². The first-order valence-corrected chi connectivity index (χ1v) is 8.58. The summed E-state index contributed by atoms with van der Waals surface area (Å²) in [5.74, 6) is -0.429. The number of hydrogen-bond acceptors (Lipinski definition) is 4. The Hall–Kier alpha value is -3.09. The van der Waals surface area contributed by atoms with Crippen LogP contribution in [0.2, 0.25) is 0 Å². The Morgan fingerprint density at radius 1 is 1.15 bits per heavy atom. The highest BCUT2D eigenvalue weighted by atomic mass is 19.1. The number of hydrogen-bond donors (Lipinski definition) is 2. The maximum absolute atomic E-state index is 13.8. The summed E-state index contributed by atoms with van der Waals surface area (Å²) in [5.41, 5.74) is 1.02. The van der Waals surface area contributed by atoms with Crippen LogP contribution in [0.4, 0.5) is 4.39 Å². The van der Waals surface area contributed by atoms with Crippen LogP contribution in [0.5, 0.6) is 11.5 Å². The molecule has 0 saturated heterocycles. The predicted molar refractivity (Wildman–Crippen MR) is 99.5 cm³/mol. The van der Waals surface area contributed by atoms with Gasteiger partial charge in [0.1, 0.15) is 5.75 Å². The summed E-state index contributed by atoms with van der Waals surface area (Å²) in [5, 5.41) is 5.26. The summed E-state index contributed by atoms with van der Waals surface area (Å²) in [6.07, 6.45) is 0. The maximum Gasteiger partial charge on any atom is 0.251 e. The lowest BCUT2D eigenvalue weighted by Gasteiger charge is -2.15. The number of carbonyl (C=O) groups excluding carboxylic acids is 2. The third-order valence-corrected chi connectivity index (χ3v) is 3.89. The fourth-order valence-electron chi connectivity index (χ4n) is 2.46. The van der Waals surface area contributed by atoms with Crippen molar-refractivity contribution in [1.29, 1.82) is 0 Å². The molecule has 2 rings (SSSR count). The molecule has 0 aliphatic carbocycles. The molecule has 2 aromatic rings.